The SMILES string of the molecule is CCCCC/C=C\C/C=C\CCCCCCCCCC(=O)OC(COC(=O)CCCCCCCCC/C=C\CCCCCCCCC)COC(=O)CCCCCCCCCCCCCCCCCCC. The normalized spacial score (nSPS) is 12.2. The summed E-state index contributed by atoms with van der Waals surface area (Å²) < 4.78 is 16.9. The lowest BCUT2D eigenvalue weighted by Crippen LogP contribution is -2.30. The predicted octanol–water partition coefficient (Wildman–Crippen LogP) is 20.8. The van der Waals surface area contributed by atoms with E-state index in [-0.39, 0.29) is 31.1 Å². The van der Waals surface area contributed by atoms with Gasteiger partial charge in [0.15, 0.2) is 6.10 Å². The van der Waals surface area contributed by atoms with E-state index in [9.17, 15) is 14.4 Å². The fraction of sp³-hybridized carbons (Fsp3) is 0.859. The molecular formula is C64H118O6. The van der Waals surface area contributed by atoms with Crippen LogP contribution in [0, 0.1) is 0 Å². The quantitative estimate of drug-likeness (QED) is 0.0261. The summed E-state index contributed by atoms with van der Waals surface area (Å²) in [7, 11) is 0. The maximum absolute atomic E-state index is 12.9. The molecule has 0 saturated carbocycles. The second kappa shape index (κ2) is 59.2. The maximum Gasteiger partial charge on any atom is 0.306 e. The molecule has 410 valence electrons. The van der Waals surface area contributed by atoms with Gasteiger partial charge in [0.05, 0.1) is 0 Å². The Balaban J connectivity index is 4.35. The van der Waals surface area contributed by atoms with Crippen LogP contribution in [0.3, 0.4) is 0 Å². The fourth-order valence-corrected chi connectivity index (χ4v) is 9.18. The van der Waals surface area contributed by atoms with Gasteiger partial charge >= 0.3 is 17.9 Å². The molecule has 0 N–H and O–H groups in total. The lowest BCUT2D eigenvalue weighted by molar-refractivity contribution is -0.167. The highest BCUT2D eigenvalue weighted by atomic mass is 16.6. The Bertz CT molecular complexity index is 1170. The average Bonchev–Trinajstić information content (AvgIpc) is 3.36. The van der Waals surface area contributed by atoms with Crippen molar-refractivity contribution >= 4 is 17.9 Å². The minimum Gasteiger partial charge on any atom is -0.462 e. The van der Waals surface area contributed by atoms with E-state index in [2.05, 4.69) is 57.2 Å². The third kappa shape index (κ3) is 56.5. The number of hydrogen-bond donors (Lipinski definition) is 0. The molecule has 0 aromatic carbocycles. The van der Waals surface area contributed by atoms with E-state index in [0.29, 0.717) is 19.3 Å². The highest BCUT2D eigenvalue weighted by Crippen LogP contribution is 2.17. The molecule has 0 aromatic rings. The van der Waals surface area contributed by atoms with E-state index in [4.69, 9.17) is 14.2 Å². The zero-order valence-electron chi connectivity index (χ0n) is 47.1. The van der Waals surface area contributed by atoms with Gasteiger partial charge < -0.3 is 14.2 Å². The number of esters is 3. The molecule has 0 heterocycles. The monoisotopic (exact) mass is 983 g/mol. The zero-order chi connectivity index (χ0) is 50.7. The Morgan fingerprint density at radius 3 is 0.829 bits per heavy atom. The van der Waals surface area contributed by atoms with Crippen LogP contribution >= 0.6 is 0 Å². The summed E-state index contributed by atoms with van der Waals surface area (Å²) in [5.41, 5.74) is 0. The zero-order valence-corrected chi connectivity index (χ0v) is 47.1. The lowest BCUT2D eigenvalue weighted by Gasteiger charge is -2.18. The first kappa shape index (κ1) is 67.6. The van der Waals surface area contributed by atoms with Crippen molar-refractivity contribution in [3.8, 4) is 0 Å². The number of ether oxygens (including phenoxy) is 3. The van der Waals surface area contributed by atoms with E-state index >= 15 is 0 Å². The smallest absolute Gasteiger partial charge is 0.306 e. The van der Waals surface area contributed by atoms with Gasteiger partial charge in [-0.15, -0.1) is 0 Å². The summed E-state index contributed by atoms with van der Waals surface area (Å²) in [5.74, 6) is -0.863. The van der Waals surface area contributed by atoms with Crippen LogP contribution in [0.4, 0.5) is 0 Å². The van der Waals surface area contributed by atoms with Crippen LogP contribution in [-0.4, -0.2) is 37.2 Å². The van der Waals surface area contributed by atoms with Crippen LogP contribution in [0.25, 0.3) is 0 Å². The molecule has 0 bridgehead atoms. The number of unbranched alkanes of at least 4 members (excludes halogenated alkanes) is 40. The Morgan fingerprint density at radius 2 is 0.514 bits per heavy atom. The number of carbonyl (C=O) groups excluding carboxylic acids is 3. The fourth-order valence-electron chi connectivity index (χ4n) is 9.18. The standard InChI is InChI=1S/C64H118O6/c1-4-7-10-13-16-19-22-25-28-31-34-36-39-42-45-48-51-54-57-63(66)69-60-61(70-64(67)58-55-52-49-46-43-40-37-33-30-27-24-21-18-15-12-9-6-3)59-68-62(65)56-53-50-47-44-41-38-35-32-29-26-23-20-17-14-11-8-5-2/h18,21,27-28,30-31,61H,4-17,19-20,22-26,29,32-60H2,1-3H3/b21-18-,30-27-,31-28-. The van der Waals surface area contributed by atoms with E-state index in [1.165, 1.54) is 225 Å². The molecule has 1 unspecified atom stereocenters. The summed E-state index contributed by atoms with van der Waals surface area (Å²) in [6.07, 6.45) is 71.3. The first-order chi connectivity index (χ1) is 34.5. The van der Waals surface area contributed by atoms with Crippen LogP contribution < -0.4 is 0 Å². The van der Waals surface area contributed by atoms with E-state index in [0.717, 1.165) is 70.6 Å². The maximum atomic E-state index is 12.9. The van der Waals surface area contributed by atoms with Gasteiger partial charge in [-0.3, -0.25) is 14.4 Å². The van der Waals surface area contributed by atoms with Crippen LogP contribution in [0.15, 0.2) is 36.5 Å². The molecule has 70 heavy (non-hydrogen) atoms. The summed E-state index contributed by atoms with van der Waals surface area (Å²) in [6.45, 7) is 6.66. The molecule has 0 rings (SSSR count). The predicted molar refractivity (Wildman–Crippen MR) is 302 cm³/mol. The molecule has 0 aliphatic rings. The molecule has 0 aliphatic heterocycles. The van der Waals surface area contributed by atoms with Crippen molar-refractivity contribution in [2.24, 2.45) is 0 Å². The van der Waals surface area contributed by atoms with Crippen LogP contribution in [-0.2, 0) is 28.6 Å². The Hall–Kier alpha value is -2.37. The van der Waals surface area contributed by atoms with Crippen LogP contribution in [0.1, 0.15) is 335 Å². The van der Waals surface area contributed by atoms with Crippen molar-refractivity contribution in [1.29, 1.82) is 0 Å². The third-order valence-corrected chi connectivity index (χ3v) is 13.9. The van der Waals surface area contributed by atoms with Crippen molar-refractivity contribution in [1.82, 2.24) is 0 Å². The minimum absolute atomic E-state index is 0.0727. The molecule has 0 aromatic heterocycles. The highest BCUT2D eigenvalue weighted by Gasteiger charge is 2.19. The number of hydrogen-bond acceptors (Lipinski definition) is 6. The molecule has 0 amide bonds. The van der Waals surface area contributed by atoms with Gasteiger partial charge in [0.25, 0.3) is 0 Å². The summed E-state index contributed by atoms with van der Waals surface area (Å²) in [4.78, 5) is 38.3. The van der Waals surface area contributed by atoms with Gasteiger partial charge in [-0.1, -0.05) is 276 Å². The third-order valence-electron chi connectivity index (χ3n) is 13.9. The van der Waals surface area contributed by atoms with E-state index in [1.807, 2.05) is 0 Å². The lowest BCUT2D eigenvalue weighted by atomic mass is 10.0. The largest absolute Gasteiger partial charge is 0.462 e. The molecule has 6 nitrogen and oxygen atoms in total. The number of carbonyl (C=O) groups is 3. The first-order valence-corrected chi connectivity index (χ1v) is 31.0. The number of rotatable bonds is 57. The Kier molecular flexibility index (Phi) is 57.2. The van der Waals surface area contributed by atoms with Crippen molar-refractivity contribution in [3.05, 3.63) is 36.5 Å². The van der Waals surface area contributed by atoms with E-state index < -0.39 is 6.10 Å². The molecule has 0 radical (unpaired) electrons. The van der Waals surface area contributed by atoms with E-state index in [1.54, 1.807) is 0 Å². The molecule has 0 fully saturated rings. The second-order valence-corrected chi connectivity index (χ2v) is 21.0. The molecule has 0 saturated heterocycles. The Labute approximate surface area is 435 Å². The van der Waals surface area contributed by atoms with Crippen LogP contribution in [0.2, 0.25) is 0 Å². The summed E-state index contributed by atoms with van der Waals surface area (Å²) >= 11 is 0. The molecule has 0 aliphatic carbocycles. The van der Waals surface area contributed by atoms with Gasteiger partial charge in [-0.2, -0.15) is 0 Å². The van der Waals surface area contributed by atoms with Gasteiger partial charge in [0.2, 0.25) is 0 Å². The summed E-state index contributed by atoms with van der Waals surface area (Å²) in [5, 5.41) is 0. The topological polar surface area (TPSA) is 78.9 Å². The average molecular weight is 984 g/mol. The van der Waals surface area contributed by atoms with Crippen molar-refractivity contribution in [2.75, 3.05) is 13.2 Å². The highest BCUT2D eigenvalue weighted by molar-refractivity contribution is 5.71. The molecule has 6 heteroatoms. The van der Waals surface area contributed by atoms with Crippen molar-refractivity contribution in [3.63, 3.8) is 0 Å². The van der Waals surface area contributed by atoms with Crippen LogP contribution in [0.5, 0.6) is 0 Å². The minimum atomic E-state index is -0.776. The summed E-state index contributed by atoms with van der Waals surface area (Å²) in [6, 6.07) is 0. The van der Waals surface area contributed by atoms with Gasteiger partial charge in [0.1, 0.15) is 13.2 Å². The second-order valence-electron chi connectivity index (χ2n) is 21.0. The molecular weight excluding hydrogens is 865 g/mol. The molecule has 0 spiro atoms. The van der Waals surface area contributed by atoms with Gasteiger partial charge in [-0.05, 0) is 77.0 Å². The van der Waals surface area contributed by atoms with Crippen molar-refractivity contribution < 1.29 is 28.6 Å². The molecule has 1 atom stereocenters. The first-order valence-electron chi connectivity index (χ1n) is 31.0. The van der Waals surface area contributed by atoms with Crippen molar-refractivity contribution in [2.45, 2.75) is 341 Å². The number of allylic oxidation sites excluding steroid dienone is 6. The Morgan fingerprint density at radius 1 is 0.286 bits per heavy atom. The van der Waals surface area contributed by atoms with Gasteiger partial charge in [-0.25, -0.2) is 0 Å². The van der Waals surface area contributed by atoms with Gasteiger partial charge in [0, 0.05) is 19.3 Å².